The minimum absolute atomic E-state index is 0.0787. The Labute approximate surface area is 222 Å². The largest absolute Gasteiger partial charge is 0.491 e. The lowest BCUT2D eigenvalue weighted by atomic mass is 9.78. The fraction of sp³-hybridized carbons (Fsp3) is 0.280. The number of nitrogens with zero attached hydrogens (tertiary/aromatic N) is 1. The number of amides is 2. The number of para-hydroxylation sites is 1. The lowest BCUT2D eigenvalue weighted by Crippen LogP contribution is -2.44. The number of rotatable bonds is 8. The summed E-state index contributed by atoms with van der Waals surface area (Å²) >= 11 is 13.7. The van der Waals surface area contributed by atoms with E-state index in [1.165, 1.54) is 12.1 Å². The maximum Gasteiger partial charge on any atom is 0.319 e. The Morgan fingerprint density at radius 1 is 1.22 bits per heavy atom. The molecule has 2 aromatic carbocycles. The van der Waals surface area contributed by atoms with Crippen LogP contribution in [0.4, 0.5) is 5.69 Å². The summed E-state index contributed by atoms with van der Waals surface area (Å²) in [6.07, 6.45) is 0. The molecule has 2 amide bonds. The molecule has 0 spiro atoms. The lowest BCUT2D eigenvalue weighted by molar-refractivity contribution is -0.150. The van der Waals surface area contributed by atoms with Gasteiger partial charge in [-0.25, -0.2) is 0 Å². The van der Waals surface area contributed by atoms with Crippen LogP contribution in [-0.2, 0) is 19.1 Å². The molecule has 0 bridgehead atoms. The maximum atomic E-state index is 13.0. The molecule has 36 heavy (non-hydrogen) atoms. The molecule has 1 aliphatic heterocycles. The van der Waals surface area contributed by atoms with E-state index in [0.717, 1.165) is 24.4 Å². The van der Waals surface area contributed by atoms with Gasteiger partial charge in [0.2, 0.25) is 11.8 Å². The van der Waals surface area contributed by atoms with Crippen LogP contribution >= 0.6 is 35.0 Å². The fourth-order valence-corrected chi connectivity index (χ4v) is 5.22. The molecule has 2 N–H and O–H groups in total. The molecule has 1 heterocycles. The van der Waals surface area contributed by atoms with E-state index in [1.54, 1.807) is 19.1 Å². The summed E-state index contributed by atoms with van der Waals surface area (Å²) in [5.74, 6) is -4.06. The predicted molar refractivity (Wildman–Crippen MR) is 139 cm³/mol. The van der Waals surface area contributed by atoms with Crippen LogP contribution in [-0.4, -0.2) is 37.3 Å². The zero-order valence-corrected chi connectivity index (χ0v) is 22.0. The average molecular weight is 548 g/mol. The first-order chi connectivity index (χ1) is 17.2. The average Bonchev–Trinajstić information content (AvgIpc) is 2.85. The van der Waals surface area contributed by atoms with Gasteiger partial charge in [-0.2, -0.15) is 5.26 Å². The first-order valence-electron chi connectivity index (χ1n) is 10.8. The fourth-order valence-electron chi connectivity index (χ4n) is 3.76. The molecular formula is C25H23Cl2N3O5S. The third-order valence-electron chi connectivity index (χ3n) is 5.42. The Morgan fingerprint density at radius 3 is 2.47 bits per heavy atom. The van der Waals surface area contributed by atoms with E-state index >= 15 is 0 Å². The molecule has 11 heteroatoms. The molecule has 0 radical (unpaired) electrons. The number of nitrogens with one attached hydrogen (secondary N) is 2. The molecule has 1 aliphatic rings. The number of anilines is 1. The van der Waals surface area contributed by atoms with Gasteiger partial charge in [0, 0.05) is 11.6 Å². The van der Waals surface area contributed by atoms with Crippen molar-refractivity contribution in [1.82, 2.24) is 5.32 Å². The number of esters is 1. The molecule has 0 aromatic heterocycles. The SMILES string of the molecule is CCOc1c(Cl)cc([C@H]2C(C#N)=C(SCC(=O)Nc3ccccc3C)NC(=O)[C@H]2C(=O)OC)cc1Cl. The third kappa shape index (κ3) is 5.95. The van der Waals surface area contributed by atoms with Crippen molar-refractivity contribution in [3.05, 3.63) is 68.2 Å². The van der Waals surface area contributed by atoms with Gasteiger partial charge < -0.3 is 20.1 Å². The van der Waals surface area contributed by atoms with E-state index in [9.17, 15) is 19.6 Å². The van der Waals surface area contributed by atoms with Gasteiger partial charge in [-0.3, -0.25) is 14.4 Å². The van der Waals surface area contributed by atoms with Crippen molar-refractivity contribution >= 4 is 58.4 Å². The first kappa shape index (κ1) is 27.4. The maximum absolute atomic E-state index is 13.0. The topological polar surface area (TPSA) is 118 Å². The Morgan fingerprint density at radius 2 is 1.89 bits per heavy atom. The molecule has 3 rings (SSSR count). The van der Waals surface area contributed by atoms with Gasteiger partial charge in [0.25, 0.3) is 0 Å². The zero-order valence-electron chi connectivity index (χ0n) is 19.7. The van der Waals surface area contributed by atoms with Gasteiger partial charge in [-0.15, -0.1) is 0 Å². The van der Waals surface area contributed by atoms with E-state index in [-0.39, 0.29) is 38.1 Å². The number of allylic oxidation sites excluding steroid dienone is 1. The number of hydrogen-bond acceptors (Lipinski definition) is 7. The molecule has 0 saturated carbocycles. The van der Waals surface area contributed by atoms with E-state index in [1.807, 2.05) is 19.1 Å². The van der Waals surface area contributed by atoms with Gasteiger partial charge in [0.15, 0.2) is 5.75 Å². The number of halogens is 2. The summed E-state index contributed by atoms with van der Waals surface area (Å²) in [6.45, 7) is 3.96. The van der Waals surface area contributed by atoms with Gasteiger partial charge in [-0.1, -0.05) is 53.2 Å². The Bertz CT molecular complexity index is 1250. The Balaban J connectivity index is 1.98. The van der Waals surface area contributed by atoms with Crippen LogP contribution in [0.1, 0.15) is 24.0 Å². The number of carbonyl (C=O) groups is 3. The highest BCUT2D eigenvalue weighted by atomic mass is 35.5. The molecule has 0 aliphatic carbocycles. The number of hydrogen-bond donors (Lipinski definition) is 2. The molecule has 2 aromatic rings. The normalized spacial score (nSPS) is 17.2. The molecule has 0 unspecified atom stereocenters. The highest BCUT2D eigenvalue weighted by Crippen LogP contribution is 2.44. The summed E-state index contributed by atoms with van der Waals surface area (Å²) in [6, 6.07) is 12.4. The summed E-state index contributed by atoms with van der Waals surface area (Å²) < 4.78 is 10.3. The molecule has 0 fully saturated rings. The van der Waals surface area contributed by atoms with Crippen LogP contribution < -0.4 is 15.4 Å². The number of nitriles is 1. The number of aryl methyl sites for hydroxylation is 1. The summed E-state index contributed by atoms with van der Waals surface area (Å²) in [5.41, 5.74) is 1.99. The molecule has 188 valence electrons. The Kier molecular flexibility index (Phi) is 9.26. The number of thioether (sulfide) groups is 1. The second-order valence-electron chi connectivity index (χ2n) is 7.72. The van der Waals surface area contributed by atoms with E-state index in [4.69, 9.17) is 32.7 Å². The van der Waals surface area contributed by atoms with Crippen LogP contribution in [0.5, 0.6) is 5.75 Å². The monoisotopic (exact) mass is 547 g/mol. The third-order valence-corrected chi connectivity index (χ3v) is 7.00. The van der Waals surface area contributed by atoms with Crippen molar-refractivity contribution in [2.75, 3.05) is 24.8 Å². The Hall–Kier alpha value is -3.19. The van der Waals surface area contributed by atoms with Gasteiger partial charge in [-0.05, 0) is 43.2 Å². The minimum Gasteiger partial charge on any atom is -0.491 e. The summed E-state index contributed by atoms with van der Waals surface area (Å²) in [5, 5.41) is 15.9. The van der Waals surface area contributed by atoms with Crippen molar-refractivity contribution in [3.63, 3.8) is 0 Å². The molecular weight excluding hydrogens is 525 g/mol. The number of methoxy groups -OCH3 is 1. The van der Waals surface area contributed by atoms with E-state index in [2.05, 4.69) is 16.7 Å². The number of ether oxygens (including phenoxy) is 2. The molecule has 2 atom stereocenters. The van der Waals surface area contributed by atoms with Crippen molar-refractivity contribution in [1.29, 1.82) is 5.26 Å². The van der Waals surface area contributed by atoms with Crippen LogP contribution in [0.15, 0.2) is 47.0 Å². The van der Waals surface area contributed by atoms with Crippen LogP contribution in [0, 0.1) is 24.2 Å². The smallest absolute Gasteiger partial charge is 0.319 e. The van der Waals surface area contributed by atoms with Gasteiger partial charge in [0.1, 0.15) is 5.92 Å². The standard InChI is InChI=1S/C25H23Cl2N3O5S/c1-4-35-22-16(26)9-14(10-17(22)27)20-15(11-28)24(30-23(32)21(20)25(33)34-3)36-12-19(31)29-18-8-6-5-7-13(18)2/h5-10,20-21H,4,12H2,1-3H3,(H,29,31)(H,30,32)/t20-,21-/m0/s1. The van der Waals surface area contributed by atoms with Crippen LogP contribution in [0.2, 0.25) is 10.0 Å². The van der Waals surface area contributed by atoms with Gasteiger partial charge in [0.05, 0.1) is 46.2 Å². The second kappa shape index (κ2) is 12.2. The molecule has 0 saturated heterocycles. The molecule has 8 nitrogen and oxygen atoms in total. The minimum atomic E-state index is -1.36. The first-order valence-corrected chi connectivity index (χ1v) is 12.6. The van der Waals surface area contributed by atoms with E-state index in [0.29, 0.717) is 17.9 Å². The van der Waals surface area contributed by atoms with Crippen LogP contribution in [0.3, 0.4) is 0 Å². The highest BCUT2D eigenvalue weighted by Gasteiger charge is 2.44. The number of benzene rings is 2. The van der Waals surface area contributed by atoms with Gasteiger partial charge >= 0.3 is 5.97 Å². The van der Waals surface area contributed by atoms with Crippen molar-refractivity contribution in [2.24, 2.45) is 5.92 Å². The van der Waals surface area contributed by atoms with Crippen molar-refractivity contribution in [2.45, 2.75) is 19.8 Å². The summed E-state index contributed by atoms with van der Waals surface area (Å²) in [7, 11) is 1.15. The van der Waals surface area contributed by atoms with Crippen molar-refractivity contribution in [3.8, 4) is 11.8 Å². The van der Waals surface area contributed by atoms with E-state index < -0.39 is 23.7 Å². The van der Waals surface area contributed by atoms with Crippen molar-refractivity contribution < 1.29 is 23.9 Å². The second-order valence-corrected chi connectivity index (χ2v) is 9.52. The number of carbonyl (C=O) groups excluding carboxylic acids is 3. The highest BCUT2D eigenvalue weighted by molar-refractivity contribution is 8.03. The zero-order chi connectivity index (χ0) is 26.4. The quantitative estimate of drug-likeness (QED) is 0.359. The van der Waals surface area contributed by atoms with Crippen LogP contribution in [0.25, 0.3) is 0 Å². The summed E-state index contributed by atoms with van der Waals surface area (Å²) in [4.78, 5) is 38.2. The lowest BCUT2D eigenvalue weighted by Gasteiger charge is -2.31. The predicted octanol–water partition coefficient (Wildman–Crippen LogP) is 4.81.